The Morgan fingerprint density at radius 1 is 1.60 bits per heavy atom. The summed E-state index contributed by atoms with van der Waals surface area (Å²) in [5.74, 6) is -0.923. The molecular formula is C11H12BrNO2. The Labute approximate surface area is 96.9 Å². The van der Waals surface area contributed by atoms with Crippen LogP contribution in [0, 0.1) is 0 Å². The van der Waals surface area contributed by atoms with Crippen LogP contribution in [0.4, 0.5) is 5.69 Å². The van der Waals surface area contributed by atoms with Crippen LogP contribution in [0.1, 0.15) is 16.8 Å². The smallest absolute Gasteiger partial charge is 0.335 e. The minimum atomic E-state index is -0.923. The van der Waals surface area contributed by atoms with Gasteiger partial charge in [0.25, 0.3) is 0 Å². The Morgan fingerprint density at radius 2 is 2.33 bits per heavy atom. The normalized spacial score (nSPS) is 9.67. The lowest BCUT2D eigenvalue weighted by Gasteiger charge is -2.07. The highest BCUT2D eigenvalue weighted by atomic mass is 79.9. The van der Waals surface area contributed by atoms with E-state index in [1.807, 2.05) is 6.08 Å². The first-order valence-corrected chi connectivity index (χ1v) is 5.32. The lowest BCUT2D eigenvalue weighted by molar-refractivity contribution is 0.0697. The Morgan fingerprint density at radius 3 is 2.87 bits per heavy atom. The van der Waals surface area contributed by atoms with Crippen LogP contribution in [0.3, 0.4) is 0 Å². The molecule has 1 aromatic rings. The minimum Gasteiger partial charge on any atom is -0.478 e. The van der Waals surface area contributed by atoms with Crippen LogP contribution in [0.15, 0.2) is 35.3 Å². The molecule has 0 radical (unpaired) electrons. The topological polar surface area (TPSA) is 49.3 Å². The summed E-state index contributed by atoms with van der Waals surface area (Å²) in [6.07, 6.45) is 2.69. The van der Waals surface area contributed by atoms with E-state index in [1.54, 1.807) is 18.2 Å². The number of carbonyl (C=O) groups is 1. The fourth-order valence-corrected chi connectivity index (χ4v) is 1.62. The summed E-state index contributed by atoms with van der Waals surface area (Å²) in [5, 5.41) is 11.9. The van der Waals surface area contributed by atoms with E-state index in [0.717, 1.165) is 23.1 Å². The minimum absolute atomic E-state index is 0.274. The van der Waals surface area contributed by atoms with Crippen molar-refractivity contribution in [2.24, 2.45) is 0 Å². The summed E-state index contributed by atoms with van der Waals surface area (Å²) in [5.41, 5.74) is 1.16. The monoisotopic (exact) mass is 269 g/mol. The van der Waals surface area contributed by atoms with Crippen molar-refractivity contribution in [1.29, 1.82) is 0 Å². The molecule has 0 saturated carbocycles. The van der Waals surface area contributed by atoms with Crippen molar-refractivity contribution >= 4 is 27.6 Å². The summed E-state index contributed by atoms with van der Waals surface area (Å²) in [7, 11) is 0. The molecule has 0 bridgehead atoms. The number of benzene rings is 1. The van der Waals surface area contributed by atoms with Crippen molar-refractivity contribution in [3.05, 3.63) is 40.9 Å². The number of rotatable bonds is 5. The predicted octanol–water partition coefficient (Wildman–Crippen LogP) is 3.14. The third-order valence-electron chi connectivity index (χ3n) is 1.88. The van der Waals surface area contributed by atoms with Crippen molar-refractivity contribution in [2.45, 2.75) is 6.42 Å². The molecule has 0 aliphatic carbocycles. The second-order valence-corrected chi connectivity index (χ2v) is 3.86. The lowest BCUT2D eigenvalue weighted by Crippen LogP contribution is -2.02. The highest BCUT2D eigenvalue weighted by Crippen LogP contribution is 2.23. The Bertz CT molecular complexity index is 377. The molecule has 1 aromatic carbocycles. The highest BCUT2D eigenvalue weighted by molar-refractivity contribution is 9.10. The van der Waals surface area contributed by atoms with E-state index in [0.29, 0.717) is 0 Å². The molecule has 0 heterocycles. The van der Waals surface area contributed by atoms with E-state index in [4.69, 9.17) is 5.11 Å². The fourth-order valence-electron chi connectivity index (χ4n) is 1.10. The van der Waals surface area contributed by atoms with Gasteiger partial charge in [0.1, 0.15) is 0 Å². The summed E-state index contributed by atoms with van der Waals surface area (Å²) < 4.78 is 0.756. The molecule has 0 aliphatic rings. The highest BCUT2D eigenvalue weighted by Gasteiger charge is 2.05. The quantitative estimate of drug-likeness (QED) is 0.638. The molecule has 0 atom stereocenters. The zero-order chi connectivity index (χ0) is 11.3. The lowest BCUT2D eigenvalue weighted by atomic mass is 10.2. The summed E-state index contributed by atoms with van der Waals surface area (Å²) >= 11 is 3.32. The average molecular weight is 270 g/mol. The summed E-state index contributed by atoms with van der Waals surface area (Å²) in [4.78, 5) is 10.7. The first kappa shape index (κ1) is 11.8. The molecule has 1 rings (SSSR count). The number of anilines is 1. The standard InChI is InChI=1S/C11H12BrNO2/c1-2-3-6-13-10-5-4-8(11(14)15)7-9(10)12/h2,4-5,7,13H,1,3,6H2,(H,14,15). The molecule has 0 unspecified atom stereocenters. The molecule has 4 heteroatoms. The van der Waals surface area contributed by atoms with Gasteiger partial charge < -0.3 is 10.4 Å². The SMILES string of the molecule is C=CCCNc1ccc(C(=O)O)cc1Br. The molecule has 2 N–H and O–H groups in total. The number of hydrogen-bond donors (Lipinski definition) is 2. The summed E-state index contributed by atoms with van der Waals surface area (Å²) in [6, 6.07) is 4.90. The van der Waals surface area contributed by atoms with E-state index in [-0.39, 0.29) is 5.56 Å². The van der Waals surface area contributed by atoms with Gasteiger partial charge in [-0.15, -0.1) is 6.58 Å². The molecule has 0 fully saturated rings. The summed E-state index contributed by atoms with van der Waals surface area (Å²) in [6.45, 7) is 4.41. The molecule has 0 aromatic heterocycles. The van der Waals surface area contributed by atoms with Gasteiger partial charge in [-0.3, -0.25) is 0 Å². The number of halogens is 1. The number of carboxylic acids is 1. The van der Waals surface area contributed by atoms with Gasteiger partial charge in [-0.2, -0.15) is 0 Å². The van der Waals surface area contributed by atoms with Crippen LogP contribution in [0.2, 0.25) is 0 Å². The van der Waals surface area contributed by atoms with E-state index in [1.165, 1.54) is 0 Å². The van der Waals surface area contributed by atoms with Crippen molar-refractivity contribution in [1.82, 2.24) is 0 Å². The van der Waals surface area contributed by atoms with Crippen molar-refractivity contribution < 1.29 is 9.90 Å². The molecule has 80 valence electrons. The molecule has 0 saturated heterocycles. The maximum absolute atomic E-state index is 10.7. The van der Waals surface area contributed by atoms with Gasteiger partial charge in [0.05, 0.1) is 5.56 Å². The number of hydrogen-bond acceptors (Lipinski definition) is 2. The number of carboxylic acid groups (broad SMARTS) is 1. The Balaban J connectivity index is 2.74. The third-order valence-corrected chi connectivity index (χ3v) is 2.54. The van der Waals surface area contributed by atoms with Crippen LogP contribution >= 0.6 is 15.9 Å². The van der Waals surface area contributed by atoms with Gasteiger partial charge in [0.2, 0.25) is 0 Å². The first-order valence-electron chi connectivity index (χ1n) is 4.52. The van der Waals surface area contributed by atoms with Gasteiger partial charge in [-0.1, -0.05) is 6.08 Å². The van der Waals surface area contributed by atoms with Gasteiger partial charge in [-0.25, -0.2) is 4.79 Å². The number of aromatic carboxylic acids is 1. The van der Waals surface area contributed by atoms with Gasteiger partial charge in [0, 0.05) is 16.7 Å². The zero-order valence-electron chi connectivity index (χ0n) is 8.16. The van der Waals surface area contributed by atoms with Crippen LogP contribution in [-0.2, 0) is 0 Å². The van der Waals surface area contributed by atoms with Crippen molar-refractivity contribution in [3.63, 3.8) is 0 Å². The number of nitrogens with one attached hydrogen (secondary N) is 1. The Hall–Kier alpha value is -1.29. The van der Waals surface area contributed by atoms with Crippen molar-refractivity contribution in [2.75, 3.05) is 11.9 Å². The van der Waals surface area contributed by atoms with Gasteiger partial charge in [-0.05, 0) is 40.5 Å². The Kier molecular flexibility index (Phi) is 4.37. The van der Waals surface area contributed by atoms with Crippen LogP contribution < -0.4 is 5.32 Å². The maximum atomic E-state index is 10.7. The van der Waals surface area contributed by atoms with E-state index in [9.17, 15) is 4.79 Å². The average Bonchev–Trinajstić information content (AvgIpc) is 2.20. The predicted molar refractivity (Wildman–Crippen MR) is 64.4 cm³/mol. The third kappa shape index (κ3) is 3.40. The van der Waals surface area contributed by atoms with E-state index < -0.39 is 5.97 Å². The molecule has 0 spiro atoms. The van der Waals surface area contributed by atoms with E-state index >= 15 is 0 Å². The molecule has 0 aliphatic heterocycles. The van der Waals surface area contributed by atoms with Gasteiger partial charge in [0.15, 0.2) is 0 Å². The molecule has 3 nitrogen and oxygen atoms in total. The second kappa shape index (κ2) is 5.56. The largest absolute Gasteiger partial charge is 0.478 e. The van der Waals surface area contributed by atoms with Gasteiger partial charge >= 0.3 is 5.97 Å². The van der Waals surface area contributed by atoms with E-state index in [2.05, 4.69) is 27.8 Å². The molecular weight excluding hydrogens is 258 g/mol. The molecule has 0 amide bonds. The van der Waals surface area contributed by atoms with Crippen LogP contribution in [-0.4, -0.2) is 17.6 Å². The van der Waals surface area contributed by atoms with Crippen molar-refractivity contribution in [3.8, 4) is 0 Å². The first-order chi connectivity index (χ1) is 7.15. The molecule has 15 heavy (non-hydrogen) atoms. The maximum Gasteiger partial charge on any atom is 0.335 e. The van der Waals surface area contributed by atoms with Crippen LogP contribution in [0.5, 0.6) is 0 Å². The fraction of sp³-hybridized carbons (Fsp3) is 0.182. The zero-order valence-corrected chi connectivity index (χ0v) is 9.75. The second-order valence-electron chi connectivity index (χ2n) is 3.00. The van der Waals surface area contributed by atoms with Crippen LogP contribution in [0.25, 0.3) is 0 Å².